The minimum Gasteiger partial charge on any atom is -0.496 e. The van der Waals surface area contributed by atoms with Gasteiger partial charge in [-0.15, -0.1) is 0 Å². The van der Waals surface area contributed by atoms with E-state index in [2.05, 4.69) is 36.5 Å². The molecule has 2 nitrogen and oxygen atoms in total. The Bertz CT molecular complexity index is 751. The average molecular weight is 328 g/mol. The first-order valence-electron chi connectivity index (χ1n) is 8.31. The molecule has 2 aromatic carbocycles. The molecule has 2 aliphatic rings. The van der Waals surface area contributed by atoms with Gasteiger partial charge in [-0.2, -0.15) is 0 Å². The first-order valence-corrected chi connectivity index (χ1v) is 8.69. The molecule has 1 unspecified atom stereocenters. The van der Waals surface area contributed by atoms with Crippen molar-refractivity contribution in [3.05, 3.63) is 63.7 Å². The van der Waals surface area contributed by atoms with E-state index in [1.165, 1.54) is 35.1 Å². The topological polar surface area (TPSA) is 21.3 Å². The van der Waals surface area contributed by atoms with Crippen LogP contribution in [0, 0.1) is 6.92 Å². The Morgan fingerprint density at radius 3 is 2.70 bits per heavy atom. The third-order valence-corrected chi connectivity index (χ3v) is 5.79. The summed E-state index contributed by atoms with van der Waals surface area (Å²) in [7, 11) is 1.75. The Morgan fingerprint density at radius 1 is 1.22 bits per heavy atom. The number of fused-ring (bicyclic) bond motifs is 1. The summed E-state index contributed by atoms with van der Waals surface area (Å²) >= 11 is 6.53. The number of methoxy groups -OCH3 is 1. The molecular weight excluding hydrogens is 306 g/mol. The monoisotopic (exact) mass is 327 g/mol. The summed E-state index contributed by atoms with van der Waals surface area (Å²) in [5, 5.41) is 4.65. The molecule has 1 heterocycles. The average Bonchev–Trinajstić information content (AvgIpc) is 3.35. The van der Waals surface area contributed by atoms with Crippen molar-refractivity contribution in [2.24, 2.45) is 0 Å². The molecule has 0 amide bonds. The molecule has 1 saturated carbocycles. The molecular formula is C20H22ClNO. The van der Waals surface area contributed by atoms with Crippen LogP contribution < -0.4 is 10.1 Å². The fourth-order valence-corrected chi connectivity index (χ4v) is 4.46. The Hall–Kier alpha value is -1.51. The molecule has 1 N–H and O–H groups in total. The van der Waals surface area contributed by atoms with E-state index in [-0.39, 0.29) is 5.41 Å². The quantitative estimate of drug-likeness (QED) is 0.891. The minimum absolute atomic E-state index is 0.133. The van der Waals surface area contributed by atoms with Crippen molar-refractivity contribution in [3.63, 3.8) is 0 Å². The van der Waals surface area contributed by atoms with E-state index in [0.717, 1.165) is 23.7 Å². The molecule has 0 saturated heterocycles. The van der Waals surface area contributed by atoms with Gasteiger partial charge in [-0.05, 0) is 67.1 Å². The van der Waals surface area contributed by atoms with Gasteiger partial charge in [0.2, 0.25) is 0 Å². The summed E-state index contributed by atoms with van der Waals surface area (Å²) in [6, 6.07) is 13.2. The van der Waals surface area contributed by atoms with Crippen molar-refractivity contribution >= 4 is 11.6 Å². The lowest BCUT2D eigenvalue weighted by atomic mass is 9.79. The van der Waals surface area contributed by atoms with Crippen molar-refractivity contribution in [1.29, 1.82) is 0 Å². The van der Waals surface area contributed by atoms with Crippen LogP contribution in [0.4, 0.5) is 0 Å². The van der Waals surface area contributed by atoms with Crippen LogP contribution in [0.2, 0.25) is 5.02 Å². The van der Waals surface area contributed by atoms with E-state index in [1.54, 1.807) is 7.11 Å². The highest BCUT2D eigenvalue weighted by Crippen LogP contribution is 2.59. The van der Waals surface area contributed by atoms with E-state index >= 15 is 0 Å². The second-order valence-electron chi connectivity index (χ2n) is 6.79. The lowest BCUT2D eigenvalue weighted by Crippen LogP contribution is -2.38. The van der Waals surface area contributed by atoms with Crippen LogP contribution in [-0.4, -0.2) is 13.7 Å². The zero-order valence-electron chi connectivity index (χ0n) is 13.7. The molecule has 3 heteroatoms. The zero-order valence-corrected chi connectivity index (χ0v) is 14.4. The second kappa shape index (κ2) is 5.54. The number of aryl methyl sites for hydroxylation is 1. The third-order valence-electron chi connectivity index (χ3n) is 5.46. The molecule has 1 aliphatic heterocycles. The predicted molar refractivity (Wildman–Crippen MR) is 94.5 cm³/mol. The summed E-state index contributed by atoms with van der Waals surface area (Å²) < 4.78 is 5.57. The van der Waals surface area contributed by atoms with Gasteiger partial charge in [0.15, 0.2) is 0 Å². The van der Waals surface area contributed by atoms with Crippen molar-refractivity contribution in [1.82, 2.24) is 5.32 Å². The molecule has 4 rings (SSSR count). The van der Waals surface area contributed by atoms with E-state index < -0.39 is 0 Å². The lowest BCUT2D eigenvalue weighted by Gasteiger charge is -2.35. The number of ether oxygens (including phenoxy) is 1. The Labute approximate surface area is 142 Å². The predicted octanol–water partition coefficient (Wildman–Crippen LogP) is 4.58. The number of hydrogen-bond acceptors (Lipinski definition) is 2. The van der Waals surface area contributed by atoms with Crippen LogP contribution >= 0.6 is 11.6 Å². The molecule has 0 bridgehead atoms. The fourth-order valence-electron chi connectivity index (χ4n) is 4.14. The Morgan fingerprint density at radius 2 is 2.00 bits per heavy atom. The van der Waals surface area contributed by atoms with Crippen molar-refractivity contribution in [3.8, 4) is 5.75 Å². The van der Waals surface area contributed by atoms with Crippen LogP contribution in [0.1, 0.15) is 41.1 Å². The fraction of sp³-hybridized carbons (Fsp3) is 0.400. The summed E-state index contributed by atoms with van der Waals surface area (Å²) in [5.74, 6) is 0.979. The SMILES string of the molecule is COc1cc2c(cc1C)CCNC2C1(c2ccccc2Cl)CC1. The van der Waals surface area contributed by atoms with Crippen LogP contribution in [0.5, 0.6) is 5.75 Å². The van der Waals surface area contributed by atoms with Gasteiger partial charge in [-0.3, -0.25) is 0 Å². The molecule has 0 radical (unpaired) electrons. The van der Waals surface area contributed by atoms with Crippen LogP contribution in [0.3, 0.4) is 0 Å². The highest BCUT2D eigenvalue weighted by atomic mass is 35.5. The Balaban J connectivity index is 1.82. The standard InChI is InChI=1S/C20H22ClNO/c1-13-11-14-7-10-22-19(15(14)12-18(13)23-2)20(8-9-20)16-5-3-4-6-17(16)21/h3-6,11-12,19,22H,7-10H2,1-2H3. The number of hydrogen-bond donors (Lipinski definition) is 1. The molecule has 2 aromatic rings. The van der Waals surface area contributed by atoms with Crippen molar-refractivity contribution in [2.75, 3.05) is 13.7 Å². The van der Waals surface area contributed by atoms with E-state index in [1.807, 2.05) is 12.1 Å². The lowest BCUT2D eigenvalue weighted by molar-refractivity contribution is 0.393. The van der Waals surface area contributed by atoms with Crippen LogP contribution in [-0.2, 0) is 11.8 Å². The first kappa shape index (κ1) is 15.0. The summed E-state index contributed by atoms with van der Waals surface area (Å²) in [4.78, 5) is 0. The van der Waals surface area contributed by atoms with Crippen LogP contribution in [0.15, 0.2) is 36.4 Å². The summed E-state index contributed by atoms with van der Waals surface area (Å²) in [6.45, 7) is 3.15. The molecule has 1 fully saturated rings. The minimum atomic E-state index is 0.133. The van der Waals surface area contributed by atoms with Crippen molar-refractivity contribution < 1.29 is 4.74 Å². The summed E-state index contributed by atoms with van der Waals surface area (Å²) in [6.07, 6.45) is 3.45. The van der Waals surface area contributed by atoms with Gasteiger partial charge in [0.1, 0.15) is 5.75 Å². The van der Waals surface area contributed by atoms with Crippen LogP contribution in [0.25, 0.3) is 0 Å². The molecule has 23 heavy (non-hydrogen) atoms. The molecule has 1 atom stereocenters. The highest BCUT2D eigenvalue weighted by Gasteiger charge is 2.53. The van der Waals surface area contributed by atoms with E-state index in [0.29, 0.717) is 6.04 Å². The maximum absolute atomic E-state index is 6.53. The number of nitrogens with one attached hydrogen (secondary N) is 1. The van der Waals surface area contributed by atoms with E-state index in [9.17, 15) is 0 Å². The smallest absolute Gasteiger partial charge is 0.122 e. The second-order valence-corrected chi connectivity index (χ2v) is 7.20. The highest BCUT2D eigenvalue weighted by molar-refractivity contribution is 6.31. The first-order chi connectivity index (χ1) is 11.2. The van der Waals surface area contributed by atoms with Crippen molar-refractivity contribution in [2.45, 2.75) is 37.6 Å². The normalized spacial score (nSPS) is 21.6. The molecule has 1 aliphatic carbocycles. The van der Waals surface area contributed by atoms with Gasteiger partial charge in [-0.25, -0.2) is 0 Å². The van der Waals surface area contributed by atoms with Gasteiger partial charge >= 0.3 is 0 Å². The number of benzene rings is 2. The largest absolute Gasteiger partial charge is 0.496 e. The molecule has 0 spiro atoms. The summed E-state index contributed by atoms with van der Waals surface area (Å²) in [5.41, 5.74) is 5.47. The molecule has 0 aromatic heterocycles. The zero-order chi connectivity index (χ0) is 16.0. The molecule has 120 valence electrons. The third kappa shape index (κ3) is 2.36. The number of rotatable bonds is 3. The maximum Gasteiger partial charge on any atom is 0.122 e. The van der Waals surface area contributed by atoms with Gasteiger partial charge in [0.05, 0.1) is 7.11 Å². The van der Waals surface area contributed by atoms with Gasteiger partial charge < -0.3 is 10.1 Å². The van der Waals surface area contributed by atoms with E-state index in [4.69, 9.17) is 16.3 Å². The Kier molecular flexibility index (Phi) is 3.62. The van der Waals surface area contributed by atoms with Gasteiger partial charge in [-0.1, -0.05) is 35.9 Å². The van der Waals surface area contributed by atoms with Gasteiger partial charge in [0, 0.05) is 16.5 Å². The maximum atomic E-state index is 6.53. The number of halogens is 1. The van der Waals surface area contributed by atoms with Gasteiger partial charge in [0.25, 0.3) is 0 Å².